The predicted molar refractivity (Wildman–Crippen MR) is 88.3 cm³/mol. The fourth-order valence-corrected chi connectivity index (χ4v) is 3.82. The summed E-state index contributed by atoms with van der Waals surface area (Å²) in [5.74, 6) is 0.768. The van der Waals surface area contributed by atoms with Crippen molar-refractivity contribution >= 4 is 11.0 Å². The van der Waals surface area contributed by atoms with Gasteiger partial charge in [0, 0.05) is 23.5 Å². The van der Waals surface area contributed by atoms with Gasteiger partial charge in [-0.15, -0.1) is 0 Å². The van der Waals surface area contributed by atoms with Crippen LogP contribution in [0.15, 0.2) is 34.9 Å². The Morgan fingerprint density at radius 2 is 1.90 bits per heavy atom. The molecule has 1 aliphatic rings. The molecule has 1 fully saturated rings. The Morgan fingerprint density at radius 3 is 2.71 bits per heavy atom. The Bertz CT molecular complexity index is 593. The second-order valence-corrected chi connectivity index (χ2v) is 7.50. The van der Waals surface area contributed by atoms with Crippen LogP contribution < -0.4 is 5.32 Å². The van der Waals surface area contributed by atoms with Gasteiger partial charge >= 0.3 is 0 Å². The van der Waals surface area contributed by atoms with Crippen LogP contribution in [-0.2, 0) is 6.54 Å². The number of fused-ring (bicyclic) bond motifs is 1. The minimum absolute atomic E-state index is 0.385. The molecule has 0 saturated heterocycles. The maximum Gasteiger partial charge on any atom is 0.134 e. The van der Waals surface area contributed by atoms with E-state index in [9.17, 15) is 0 Å². The van der Waals surface area contributed by atoms with Crippen molar-refractivity contribution in [2.45, 2.75) is 59.0 Å². The first-order valence-corrected chi connectivity index (χ1v) is 8.24. The molecule has 1 heterocycles. The molecule has 1 aliphatic carbocycles. The highest BCUT2D eigenvalue weighted by Gasteiger charge is 2.33. The van der Waals surface area contributed by atoms with Crippen LogP contribution in [-0.4, -0.2) is 6.04 Å². The fourth-order valence-electron chi connectivity index (χ4n) is 3.82. The van der Waals surface area contributed by atoms with Gasteiger partial charge in [-0.05, 0) is 30.2 Å². The third-order valence-electron chi connectivity index (χ3n) is 4.99. The minimum atomic E-state index is 0.385. The average Bonchev–Trinajstić information content (AvgIpc) is 2.88. The standard InChI is InChI=1S/C19H27NO/c1-19(2,3)16-9-5-6-10-17(16)20-12-14-13-21-18-11-7-4-8-15(14)18/h4,7-8,11,13,16-17,20H,5-6,9-10,12H2,1-3H3. The quantitative estimate of drug-likeness (QED) is 0.846. The number of benzene rings is 1. The summed E-state index contributed by atoms with van der Waals surface area (Å²) < 4.78 is 5.64. The lowest BCUT2D eigenvalue weighted by molar-refractivity contribution is 0.130. The molecule has 2 nitrogen and oxygen atoms in total. The van der Waals surface area contributed by atoms with Crippen LogP contribution in [0.25, 0.3) is 11.0 Å². The molecule has 1 N–H and O–H groups in total. The first kappa shape index (κ1) is 14.6. The molecule has 0 amide bonds. The molecule has 2 atom stereocenters. The number of nitrogens with one attached hydrogen (secondary N) is 1. The Labute approximate surface area is 127 Å². The number of hydrogen-bond donors (Lipinski definition) is 1. The maximum absolute atomic E-state index is 5.64. The highest BCUT2D eigenvalue weighted by atomic mass is 16.3. The Kier molecular flexibility index (Phi) is 4.08. The smallest absolute Gasteiger partial charge is 0.134 e. The Balaban J connectivity index is 1.71. The summed E-state index contributed by atoms with van der Waals surface area (Å²) in [4.78, 5) is 0. The first-order valence-electron chi connectivity index (χ1n) is 8.24. The van der Waals surface area contributed by atoms with E-state index in [1.165, 1.54) is 36.6 Å². The van der Waals surface area contributed by atoms with Crippen molar-refractivity contribution in [3.63, 3.8) is 0 Å². The number of para-hydroxylation sites is 1. The van der Waals surface area contributed by atoms with Crippen LogP contribution in [0, 0.1) is 11.3 Å². The van der Waals surface area contributed by atoms with Gasteiger partial charge in [0.15, 0.2) is 0 Å². The molecule has 0 aliphatic heterocycles. The van der Waals surface area contributed by atoms with Gasteiger partial charge in [-0.25, -0.2) is 0 Å². The highest BCUT2D eigenvalue weighted by Crippen LogP contribution is 2.38. The second kappa shape index (κ2) is 5.84. The molecular formula is C19H27NO. The number of hydrogen-bond acceptors (Lipinski definition) is 2. The molecule has 1 aromatic heterocycles. The van der Waals surface area contributed by atoms with Gasteiger partial charge in [0.05, 0.1) is 6.26 Å². The summed E-state index contributed by atoms with van der Waals surface area (Å²) in [5, 5.41) is 5.06. The molecular weight excluding hydrogens is 258 g/mol. The van der Waals surface area contributed by atoms with Crippen molar-refractivity contribution in [2.75, 3.05) is 0 Å². The largest absolute Gasteiger partial charge is 0.464 e. The van der Waals surface area contributed by atoms with Crippen molar-refractivity contribution in [1.29, 1.82) is 0 Å². The average molecular weight is 285 g/mol. The molecule has 21 heavy (non-hydrogen) atoms. The lowest BCUT2D eigenvalue weighted by Gasteiger charge is -2.41. The van der Waals surface area contributed by atoms with Crippen molar-refractivity contribution in [2.24, 2.45) is 11.3 Å². The van der Waals surface area contributed by atoms with Gasteiger partial charge in [-0.3, -0.25) is 0 Å². The van der Waals surface area contributed by atoms with E-state index in [1.807, 2.05) is 18.4 Å². The van der Waals surface area contributed by atoms with Crippen LogP contribution in [0.4, 0.5) is 0 Å². The van der Waals surface area contributed by atoms with Crippen LogP contribution in [0.3, 0.4) is 0 Å². The molecule has 2 aromatic rings. The normalized spacial score (nSPS) is 23.6. The van der Waals surface area contributed by atoms with Crippen molar-refractivity contribution in [1.82, 2.24) is 5.32 Å². The lowest BCUT2D eigenvalue weighted by Crippen LogP contribution is -2.43. The first-order chi connectivity index (χ1) is 10.1. The molecule has 0 bridgehead atoms. The third kappa shape index (κ3) is 3.16. The van der Waals surface area contributed by atoms with E-state index >= 15 is 0 Å². The zero-order valence-electron chi connectivity index (χ0n) is 13.5. The van der Waals surface area contributed by atoms with Gasteiger partial charge in [-0.1, -0.05) is 51.8 Å². The summed E-state index contributed by atoms with van der Waals surface area (Å²) in [6, 6.07) is 8.93. The summed E-state index contributed by atoms with van der Waals surface area (Å²) >= 11 is 0. The fraction of sp³-hybridized carbons (Fsp3) is 0.579. The Morgan fingerprint density at radius 1 is 1.14 bits per heavy atom. The van der Waals surface area contributed by atoms with Crippen LogP contribution in [0.5, 0.6) is 0 Å². The third-order valence-corrected chi connectivity index (χ3v) is 4.99. The summed E-state index contributed by atoms with van der Waals surface area (Å²) in [6.45, 7) is 8.05. The topological polar surface area (TPSA) is 25.2 Å². The zero-order chi connectivity index (χ0) is 14.9. The van der Waals surface area contributed by atoms with E-state index in [-0.39, 0.29) is 0 Å². The van der Waals surface area contributed by atoms with E-state index in [0.29, 0.717) is 11.5 Å². The molecule has 1 aromatic carbocycles. The molecule has 2 heteroatoms. The Hall–Kier alpha value is -1.28. The van der Waals surface area contributed by atoms with Gasteiger partial charge < -0.3 is 9.73 Å². The van der Waals surface area contributed by atoms with E-state index in [1.54, 1.807) is 0 Å². The molecule has 2 unspecified atom stereocenters. The zero-order valence-corrected chi connectivity index (χ0v) is 13.5. The number of rotatable bonds is 3. The van der Waals surface area contributed by atoms with E-state index in [4.69, 9.17) is 4.42 Å². The van der Waals surface area contributed by atoms with Gasteiger partial charge in [0.2, 0.25) is 0 Å². The summed E-state index contributed by atoms with van der Waals surface area (Å²) in [7, 11) is 0. The predicted octanol–water partition coefficient (Wildman–Crippen LogP) is 5.13. The monoisotopic (exact) mass is 285 g/mol. The van der Waals surface area contributed by atoms with Gasteiger partial charge in [0.25, 0.3) is 0 Å². The van der Waals surface area contributed by atoms with Crippen LogP contribution >= 0.6 is 0 Å². The molecule has 114 valence electrons. The molecule has 0 radical (unpaired) electrons. The highest BCUT2D eigenvalue weighted by molar-refractivity contribution is 5.80. The maximum atomic E-state index is 5.64. The molecule has 1 saturated carbocycles. The van der Waals surface area contributed by atoms with E-state index in [0.717, 1.165) is 18.0 Å². The van der Waals surface area contributed by atoms with Crippen LogP contribution in [0.1, 0.15) is 52.0 Å². The van der Waals surface area contributed by atoms with E-state index < -0.39 is 0 Å². The van der Waals surface area contributed by atoms with Crippen molar-refractivity contribution in [3.05, 3.63) is 36.1 Å². The van der Waals surface area contributed by atoms with Crippen LogP contribution in [0.2, 0.25) is 0 Å². The van der Waals surface area contributed by atoms with E-state index in [2.05, 4.69) is 38.2 Å². The SMILES string of the molecule is CC(C)(C)C1CCCCC1NCc1coc2ccccc12. The second-order valence-electron chi connectivity index (χ2n) is 7.50. The summed E-state index contributed by atoms with van der Waals surface area (Å²) in [5.41, 5.74) is 2.66. The lowest BCUT2D eigenvalue weighted by atomic mass is 9.69. The molecule has 3 rings (SSSR count). The number of furan rings is 1. The molecule has 0 spiro atoms. The van der Waals surface area contributed by atoms with Gasteiger partial charge in [0.1, 0.15) is 5.58 Å². The van der Waals surface area contributed by atoms with Crippen molar-refractivity contribution in [3.8, 4) is 0 Å². The van der Waals surface area contributed by atoms with Gasteiger partial charge in [-0.2, -0.15) is 0 Å². The van der Waals surface area contributed by atoms with Crippen molar-refractivity contribution < 1.29 is 4.42 Å². The summed E-state index contributed by atoms with van der Waals surface area (Å²) in [6.07, 6.45) is 7.31. The minimum Gasteiger partial charge on any atom is -0.464 e.